The molecule has 0 aliphatic heterocycles. The number of hydrogen-bond donors (Lipinski definition) is 1. The molecule has 1 aromatic heterocycles. The van der Waals surface area contributed by atoms with Gasteiger partial charge in [-0.3, -0.25) is 4.98 Å². The van der Waals surface area contributed by atoms with E-state index in [0.29, 0.717) is 17.1 Å². The van der Waals surface area contributed by atoms with E-state index >= 15 is 0 Å². The molecule has 0 unspecified atom stereocenters. The molecule has 0 saturated carbocycles. The van der Waals surface area contributed by atoms with Gasteiger partial charge in [-0.05, 0) is 30.3 Å². The highest BCUT2D eigenvalue weighted by atomic mass is 16.5. The van der Waals surface area contributed by atoms with E-state index in [1.807, 2.05) is 12.1 Å². The zero-order chi connectivity index (χ0) is 12.1. The van der Waals surface area contributed by atoms with Crippen LogP contribution in [0.4, 0.5) is 0 Å². The molecule has 1 N–H and O–H groups in total. The summed E-state index contributed by atoms with van der Waals surface area (Å²) >= 11 is 0. The highest BCUT2D eigenvalue weighted by molar-refractivity contribution is 5.37. The Morgan fingerprint density at radius 2 is 1.82 bits per heavy atom. The van der Waals surface area contributed by atoms with Gasteiger partial charge in [0.2, 0.25) is 0 Å². The number of rotatable bonds is 4. The van der Waals surface area contributed by atoms with E-state index in [1.165, 1.54) is 0 Å². The van der Waals surface area contributed by atoms with Gasteiger partial charge in [0.25, 0.3) is 0 Å². The van der Waals surface area contributed by atoms with Crippen LogP contribution in [0, 0.1) is 0 Å². The number of hydrogen-bond acceptors (Lipinski definition) is 4. The van der Waals surface area contributed by atoms with Crippen LogP contribution in [0.1, 0.15) is 5.56 Å². The van der Waals surface area contributed by atoms with Crippen molar-refractivity contribution in [2.24, 2.45) is 0 Å². The van der Waals surface area contributed by atoms with Crippen LogP contribution in [0.3, 0.4) is 0 Å². The fourth-order valence-electron chi connectivity index (χ4n) is 1.40. The number of pyridine rings is 1. The Kier molecular flexibility index (Phi) is 3.57. The molecule has 4 nitrogen and oxygen atoms in total. The minimum absolute atomic E-state index is 0.0979. The van der Waals surface area contributed by atoms with Gasteiger partial charge in [0, 0.05) is 18.0 Å². The van der Waals surface area contributed by atoms with Crippen LogP contribution in [-0.4, -0.2) is 17.2 Å². The quantitative estimate of drug-likeness (QED) is 0.877. The summed E-state index contributed by atoms with van der Waals surface area (Å²) in [6.45, 7) is -0.0979. The summed E-state index contributed by atoms with van der Waals surface area (Å²) in [5, 5.41) is 9.14. The summed E-state index contributed by atoms with van der Waals surface area (Å²) in [7, 11) is 1.61. The predicted molar refractivity (Wildman–Crippen MR) is 63.2 cm³/mol. The summed E-state index contributed by atoms with van der Waals surface area (Å²) < 4.78 is 10.7. The van der Waals surface area contributed by atoms with Crippen LogP contribution in [0.5, 0.6) is 17.2 Å². The lowest BCUT2D eigenvalue weighted by atomic mass is 10.2. The average Bonchev–Trinajstić information content (AvgIpc) is 2.40. The SMILES string of the molecule is COc1ccc(Oc2ccncc2CO)cc1. The van der Waals surface area contributed by atoms with Crippen LogP contribution in [-0.2, 0) is 6.61 Å². The van der Waals surface area contributed by atoms with E-state index < -0.39 is 0 Å². The molecular weight excluding hydrogens is 218 g/mol. The first-order valence-corrected chi connectivity index (χ1v) is 5.19. The highest BCUT2D eigenvalue weighted by Gasteiger charge is 2.03. The fourth-order valence-corrected chi connectivity index (χ4v) is 1.40. The summed E-state index contributed by atoms with van der Waals surface area (Å²) in [4.78, 5) is 3.93. The van der Waals surface area contributed by atoms with Gasteiger partial charge in [0.05, 0.1) is 13.7 Å². The van der Waals surface area contributed by atoms with E-state index in [4.69, 9.17) is 14.6 Å². The molecule has 1 heterocycles. The van der Waals surface area contributed by atoms with Crippen molar-refractivity contribution in [3.05, 3.63) is 48.3 Å². The smallest absolute Gasteiger partial charge is 0.136 e. The van der Waals surface area contributed by atoms with Crippen molar-refractivity contribution in [3.8, 4) is 17.2 Å². The predicted octanol–water partition coefficient (Wildman–Crippen LogP) is 2.37. The normalized spacial score (nSPS) is 10.0. The summed E-state index contributed by atoms with van der Waals surface area (Å²) in [6.07, 6.45) is 3.21. The molecular formula is C13H13NO3. The second kappa shape index (κ2) is 5.32. The Hall–Kier alpha value is -2.07. The molecule has 2 aromatic rings. The molecule has 0 atom stereocenters. The fraction of sp³-hybridized carbons (Fsp3) is 0.154. The molecule has 0 fully saturated rings. The molecule has 0 saturated heterocycles. The van der Waals surface area contributed by atoms with Gasteiger partial charge in [0.15, 0.2) is 0 Å². The lowest BCUT2D eigenvalue weighted by Crippen LogP contribution is -1.92. The first-order chi connectivity index (χ1) is 8.33. The summed E-state index contributed by atoms with van der Waals surface area (Å²) in [5.41, 5.74) is 0.656. The molecule has 1 aromatic carbocycles. The Labute approximate surface area is 99.5 Å². The van der Waals surface area contributed by atoms with Gasteiger partial charge in [-0.15, -0.1) is 0 Å². The minimum atomic E-state index is -0.0979. The van der Waals surface area contributed by atoms with Crippen molar-refractivity contribution >= 4 is 0 Å². The number of benzene rings is 1. The first-order valence-electron chi connectivity index (χ1n) is 5.19. The number of methoxy groups -OCH3 is 1. The van der Waals surface area contributed by atoms with E-state index in [2.05, 4.69) is 4.98 Å². The molecule has 0 bridgehead atoms. The molecule has 0 spiro atoms. The molecule has 0 aliphatic carbocycles. The molecule has 2 rings (SSSR count). The first kappa shape index (κ1) is 11.4. The maximum absolute atomic E-state index is 9.14. The monoisotopic (exact) mass is 231 g/mol. The lowest BCUT2D eigenvalue weighted by Gasteiger charge is -2.09. The zero-order valence-corrected chi connectivity index (χ0v) is 9.46. The highest BCUT2D eigenvalue weighted by Crippen LogP contribution is 2.26. The molecule has 0 amide bonds. The molecule has 0 aliphatic rings. The van der Waals surface area contributed by atoms with Crippen molar-refractivity contribution in [2.75, 3.05) is 7.11 Å². The summed E-state index contributed by atoms with van der Waals surface area (Å²) in [5.74, 6) is 2.06. The number of aliphatic hydroxyl groups excluding tert-OH is 1. The van der Waals surface area contributed by atoms with Gasteiger partial charge in [-0.2, -0.15) is 0 Å². The van der Waals surface area contributed by atoms with E-state index in [-0.39, 0.29) is 6.61 Å². The third-order valence-electron chi connectivity index (χ3n) is 2.32. The Balaban J connectivity index is 2.19. The third kappa shape index (κ3) is 2.73. The topological polar surface area (TPSA) is 51.6 Å². The van der Waals surface area contributed by atoms with Crippen molar-refractivity contribution < 1.29 is 14.6 Å². The van der Waals surface area contributed by atoms with Crippen LogP contribution in [0.15, 0.2) is 42.7 Å². The van der Waals surface area contributed by atoms with E-state index in [0.717, 1.165) is 5.75 Å². The van der Waals surface area contributed by atoms with Crippen LogP contribution in [0.25, 0.3) is 0 Å². The maximum Gasteiger partial charge on any atom is 0.136 e. The average molecular weight is 231 g/mol. The van der Waals surface area contributed by atoms with Gasteiger partial charge < -0.3 is 14.6 Å². The van der Waals surface area contributed by atoms with Gasteiger partial charge in [-0.1, -0.05) is 0 Å². The van der Waals surface area contributed by atoms with Gasteiger partial charge >= 0.3 is 0 Å². The second-order valence-corrected chi connectivity index (χ2v) is 3.42. The minimum Gasteiger partial charge on any atom is -0.497 e. The largest absolute Gasteiger partial charge is 0.497 e. The van der Waals surface area contributed by atoms with Gasteiger partial charge in [0.1, 0.15) is 17.2 Å². The van der Waals surface area contributed by atoms with Crippen LogP contribution < -0.4 is 9.47 Å². The molecule has 0 radical (unpaired) electrons. The number of ether oxygens (including phenoxy) is 2. The number of aromatic nitrogens is 1. The van der Waals surface area contributed by atoms with Crippen LogP contribution >= 0.6 is 0 Å². The Bertz CT molecular complexity index is 482. The van der Waals surface area contributed by atoms with Crippen molar-refractivity contribution in [1.29, 1.82) is 0 Å². The van der Waals surface area contributed by atoms with Crippen molar-refractivity contribution in [3.63, 3.8) is 0 Å². The Morgan fingerprint density at radius 3 is 2.47 bits per heavy atom. The third-order valence-corrected chi connectivity index (χ3v) is 2.32. The molecule has 17 heavy (non-hydrogen) atoms. The van der Waals surface area contributed by atoms with Crippen LogP contribution in [0.2, 0.25) is 0 Å². The standard InChI is InChI=1S/C13H13NO3/c1-16-11-2-4-12(5-3-11)17-13-6-7-14-8-10(13)9-15/h2-8,15H,9H2,1H3. The second-order valence-electron chi connectivity index (χ2n) is 3.42. The zero-order valence-electron chi connectivity index (χ0n) is 9.46. The lowest BCUT2D eigenvalue weighted by molar-refractivity contribution is 0.276. The Morgan fingerprint density at radius 1 is 1.12 bits per heavy atom. The van der Waals surface area contributed by atoms with Crippen molar-refractivity contribution in [2.45, 2.75) is 6.61 Å². The maximum atomic E-state index is 9.14. The number of aliphatic hydroxyl groups is 1. The van der Waals surface area contributed by atoms with Crippen molar-refractivity contribution in [1.82, 2.24) is 4.98 Å². The summed E-state index contributed by atoms with van der Waals surface area (Å²) in [6, 6.07) is 8.96. The van der Waals surface area contributed by atoms with Gasteiger partial charge in [-0.25, -0.2) is 0 Å². The molecule has 4 heteroatoms. The van der Waals surface area contributed by atoms with E-state index in [9.17, 15) is 0 Å². The molecule has 88 valence electrons. The number of nitrogens with zero attached hydrogens (tertiary/aromatic N) is 1. The van der Waals surface area contributed by atoms with E-state index in [1.54, 1.807) is 37.7 Å².